The van der Waals surface area contributed by atoms with Crippen molar-refractivity contribution in [3.05, 3.63) is 53.9 Å². The van der Waals surface area contributed by atoms with Crippen LogP contribution in [-0.4, -0.2) is 17.4 Å². The molecule has 1 saturated heterocycles. The molecule has 1 aliphatic heterocycles. The van der Waals surface area contributed by atoms with Crippen LogP contribution >= 0.6 is 0 Å². The van der Waals surface area contributed by atoms with Crippen LogP contribution in [0.1, 0.15) is 24.1 Å². The predicted octanol–water partition coefficient (Wildman–Crippen LogP) is 3.13. The number of para-hydroxylation sites is 2. The number of amides is 1. The molecule has 4 heteroatoms. The fourth-order valence-corrected chi connectivity index (χ4v) is 2.56. The Kier molecular flexibility index (Phi) is 3.86. The van der Waals surface area contributed by atoms with Crippen LogP contribution in [0.15, 0.2) is 42.6 Å². The van der Waals surface area contributed by atoms with Gasteiger partial charge < -0.3 is 10.2 Å². The number of benzene rings is 1. The molecule has 4 nitrogen and oxygen atoms in total. The van der Waals surface area contributed by atoms with Gasteiger partial charge in [0, 0.05) is 31.4 Å². The summed E-state index contributed by atoms with van der Waals surface area (Å²) in [5, 5.41) is 3.41. The van der Waals surface area contributed by atoms with Gasteiger partial charge in [-0.05, 0) is 37.1 Å². The van der Waals surface area contributed by atoms with Gasteiger partial charge in [0.15, 0.2) is 0 Å². The lowest BCUT2D eigenvalue weighted by atomic mass is 10.2. The number of hydrogen-bond acceptors (Lipinski definition) is 3. The minimum atomic E-state index is 0.209. The topological polar surface area (TPSA) is 45.2 Å². The molecule has 1 aliphatic rings. The zero-order chi connectivity index (χ0) is 14.7. The number of aromatic nitrogens is 1. The zero-order valence-corrected chi connectivity index (χ0v) is 12.2. The van der Waals surface area contributed by atoms with E-state index < -0.39 is 0 Å². The number of nitrogens with zero attached hydrogens (tertiary/aromatic N) is 2. The quantitative estimate of drug-likeness (QED) is 0.936. The number of rotatable bonds is 4. The first kappa shape index (κ1) is 13.6. The van der Waals surface area contributed by atoms with E-state index in [1.54, 1.807) is 0 Å². The third-order valence-corrected chi connectivity index (χ3v) is 3.72. The molecule has 3 rings (SSSR count). The number of carbonyl (C=O) groups excluding carboxylic acids is 1. The fourth-order valence-electron chi connectivity index (χ4n) is 2.56. The van der Waals surface area contributed by atoms with E-state index in [4.69, 9.17) is 0 Å². The summed E-state index contributed by atoms with van der Waals surface area (Å²) in [5.74, 6) is 0.209. The van der Waals surface area contributed by atoms with Crippen LogP contribution < -0.4 is 10.2 Å². The van der Waals surface area contributed by atoms with Gasteiger partial charge in [-0.2, -0.15) is 0 Å². The van der Waals surface area contributed by atoms with E-state index in [0.717, 1.165) is 35.6 Å². The molecule has 1 aromatic carbocycles. The molecule has 21 heavy (non-hydrogen) atoms. The van der Waals surface area contributed by atoms with Gasteiger partial charge in [0.05, 0.1) is 11.4 Å². The van der Waals surface area contributed by atoms with Gasteiger partial charge in [-0.1, -0.05) is 18.2 Å². The predicted molar refractivity (Wildman–Crippen MR) is 84.3 cm³/mol. The Bertz CT molecular complexity index is 637. The van der Waals surface area contributed by atoms with Gasteiger partial charge >= 0.3 is 0 Å². The first-order valence-electron chi connectivity index (χ1n) is 7.29. The van der Waals surface area contributed by atoms with Crippen LogP contribution in [0, 0.1) is 6.92 Å². The Labute approximate surface area is 124 Å². The van der Waals surface area contributed by atoms with Gasteiger partial charge in [-0.15, -0.1) is 0 Å². The summed E-state index contributed by atoms with van der Waals surface area (Å²) in [7, 11) is 0. The third kappa shape index (κ3) is 3.05. The summed E-state index contributed by atoms with van der Waals surface area (Å²) >= 11 is 0. The Balaban J connectivity index is 1.76. The Hall–Kier alpha value is -2.36. The number of anilines is 2. The lowest BCUT2D eigenvalue weighted by Gasteiger charge is -2.20. The van der Waals surface area contributed by atoms with E-state index in [9.17, 15) is 4.79 Å². The van der Waals surface area contributed by atoms with Crippen molar-refractivity contribution in [3.63, 3.8) is 0 Å². The van der Waals surface area contributed by atoms with Crippen LogP contribution in [0.25, 0.3) is 0 Å². The van der Waals surface area contributed by atoms with Crippen molar-refractivity contribution in [2.24, 2.45) is 0 Å². The molecule has 0 atom stereocenters. The Morgan fingerprint density at radius 1 is 1.24 bits per heavy atom. The standard InChI is InChI=1S/C17H19N3O/c1-13-8-9-14(11-18-13)12-19-15-5-2-3-6-16(15)20-10-4-7-17(20)21/h2-3,5-6,8-9,11,19H,4,7,10,12H2,1H3. The highest BCUT2D eigenvalue weighted by atomic mass is 16.2. The van der Waals surface area contributed by atoms with Crippen LogP contribution in [0.3, 0.4) is 0 Å². The maximum Gasteiger partial charge on any atom is 0.227 e. The molecule has 1 fully saturated rings. The lowest BCUT2D eigenvalue weighted by molar-refractivity contribution is -0.117. The van der Waals surface area contributed by atoms with Crippen molar-refractivity contribution >= 4 is 17.3 Å². The van der Waals surface area contributed by atoms with Gasteiger partial charge in [0.25, 0.3) is 0 Å². The average molecular weight is 281 g/mol. The van der Waals surface area contributed by atoms with Crippen molar-refractivity contribution in [1.82, 2.24) is 4.98 Å². The average Bonchev–Trinajstić information content (AvgIpc) is 2.93. The molecule has 108 valence electrons. The summed E-state index contributed by atoms with van der Waals surface area (Å²) < 4.78 is 0. The van der Waals surface area contributed by atoms with E-state index in [0.29, 0.717) is 13.0 Å². The van der Waals surface area contributed by atoms with E-state index in [-0.39, 0.29) is 5.91 Å². The van der Waals surface area contributed by atoms with Gasteiger partial charge in [0.1, 0.15) is 0 Å². The second kappa shape index (κ2) is 5.95. The Morgan fingerprint density at radius 2 is 2.10 bits per heavy atom. The molecule has 1 N–H and O–H groups in total. The van der Waals surface area contributed by atoms with Gasteiger partial charge in [0.2, 0.25) is 5.91 Å². The normalized spacial score (nSPS) is 14.5. The number of aryl methyl sites for hydroxylation is 1. The van der Waals surface area contributed by atoms with E-state index in [1.807, 2.05) is 48.4 Å². The molecule has 2 aromatic rings. The van der Waals surface area contributed by atoms with E-state index in [1.165, 1.54) is 0 Å². The van der Waals surface area contributed by atoms with Crippen LogP contribution in [0.2, 0.25) is 0 Å². The molecule has 0 aliphatic carbocycles. The zero-order valence-electron chi connectivity index (χ0n) is 12.2. The van der Waals surface area contributed by atoms with Crippen molar-refractivity contribution in [1.29, 1.82) is 0 Å². The summed E-state index contributed by atoms with van der Waals surface area (Å²) in [6, 6.07) is 12.0. The molecule has 0 radical (unpaired) electrons. The monoisotopic (exact) mass is 281 g/mol. The number of pyridine rings is 1. The highest BCUT2D eigenvalue weighted by Gasteiger charge is 2.23. The van der Waals surface area contributed by atoms with Gasteiger partial charge in [-0.25, -0.2) is 0 Å². The first-order chi connectivity index (χ1) is 10.2. The van der Waals surface area contributed by atoms with Crippen molar-refractivity contribution < 1.29 is 4.79 Å². The molecule has 1 amide bonds. The van der Waals surface area contributed by atoms with Crippen molar-refractivity contribution in [2.45, 2.75) is 26.3 Å². The maximum absolute atomic E-state index is 11.9. The largest absolute Gasteiger partial charge is 0.379 e. The molecule has 0 bridgehead atoms. The minimum Gasteiger partial charge on any atom is -0.379 e. The van der Waals surface area contributed by atoms with Crippen LogP contribution in [-0.2, 0) is 11.3 Å². The Morgan fingerprint density at radius 3 is 2.81 bits per heavy atom. The highest BCUT2D eigenvalue weighted by molar-refractivity contribution is 5.98. The summed E-state index contributed by atoms with van der Waals surface area (Å²) in [4.78, 5) is 18.1. The number of carbonyl (C=O) groups is 1. The van der Waals surface area contributed by atoms with Crippen LogP contribution in [0.5, 0.6) is 0 Å². The SMILES string of the molecule is Cc1ccc(CNc2ccccc2N2CCCC2=O)cn1. The van der Waals surface area contributed by atoms with Crippen molar-refractivity contribution in [2.75, 3.05) is 16.8 Å². The minimum absolute atomic E-state index is 0.209. The highest BCUT2D eigenvalue weighted by Crippen LogP contribution is 2.29. The number of nitrogens with one attached hydrogen (secondary N) is 1. The van der Waals surface area contributed by atoms with Gasteiger partial charge in [-0.3, -0.25) is 9.78 Å². The molecule has 2 heterocycles. The smallest absolute Gasteiger partial charge is 0.227 e. The summed E-state index contributed by atoms with van der Waals surface area (Å²) in [6.45, 7) is 3.49. The first-order valence-corrected chi connectivity index (χ1v) is 7.29. The molecule has 0 saturated carbocycles. The van der Waals surface area contributed by atoms with E-state index >= 15 is 0 Å². The van der Waals surface area contributed by atoms with Crippen LogP contribution in [0.4, 0.5) is 11.4 Å². The second-order valence-electron chi connectivity index (χ2n) is 5.33. The second-order valence-corrected chi connectivity index (χ2v) is 5.33. The summed E-state index contributed by atoms with van der Waals surface area (Å²) in [5.41, 5.74) is 4.11. The van der Waals surface area contributed by atoms with E-state index in [2.05, 4.69) is 16.4 Å². The fraction of sp³-hybridized carbons (Fsp3) is 0.294. The molecule has 1 aromatic heterocycles. The molecular formula is C17H19N3O. The van der Waals surface area contributed by atoms with Crippen molar-refractivity contribution in [3.8, 4) is 0 Å². The molecule has 0 spiro atoms. The number of hydrogen-bond donors (Lipinski definition) is 1. The third-order valence-electron chi connectivity index (χ3n) is 3.72. The summed E-state index contributed by atoms with van der Waals surface area (Å²) in [6.07, 6.45) is 3.47. The lowest BCUT2D eigenvalue weighted by Crippen LogP contribution is -2.24. The molecular weight excluding hydrogens is 262 g/mol. The molecule has 0 unspecified atom stereocenters. The maximum atomic E-state index is 11.9.